The topological polar surface area (TPSA) is 78.7 Å². The average molecular weight is 459 g/mol. The number of carbonyl (C=O) groups is 2. The molecule has 2 unspecified atom stereocenters. The Morgan fingerprint density at radius 1 is 1.10 bits per heavy atom. The molecule has 3 rings (SSSR count). The molecule has 2 aliphatic rings. The molecule has 1 aliphatic heterocycles. The number of nitrogens with one attached hydrogen (secondary N) is 1. The van der Waals surface area contributed by atoms with Crippen LogP contribution < -0.4 is 11.1 Å². The highest BCUT2D eigenvalue weighted by atomic mass is 35.5. The van der Waals surface area contributed by atoms with Crippen LogP contribution in [-0.4, -0.2) is 59.9 Å². The number of piperazine rings is 1. The third kappa shape index (κ3) is 6.84. The van der Waals surface area contributed by atoms with Crippen LogP contribution in [0.4, 0.5) is 5.69 Å². The van der Waals surface area contributed by atoms with Gasteiger partial charge in [-0.2, -0.15) is 0 Å². The van der Waals surface area contributed by atoms with Crippen LogP contribution in [0.5, 0.6) is 0 Å². The molecule has 3 N–H and O–H groups in total. The standard InChI is InChI=1S/C22H34N4O2.2ClH/c1-3-25-12-14-26(15-13-25)20(27)16-17-7-9-18(10-8-17)24-21(28)19-6-4-5-11-22(19,2)23;;/h7-10,19H,3-6,11-16,23H2,1-2H3,(H,24,28);2*1H. The zero-order valence-electron chi connectivity index (χ0n) is 18.1. The molecule has 30 heavy (non-hydrogen) atoms. The smallest absolute Gasteiger partial charge is 0.229 e. The van der Waals surface area contributed by atoms with Crippen molar-refractivity contribution in [2.75, 3.05) is 38.0 Å². The van der Waals surface area contributed by atoms with E-state index in [1.54, 1.807) is 0 Å². The zero-order chi connectivity index (χ0) is 20.1. The number of carbonyl (C=O) groups excluding carboxylic acids is 2. The monoisotopic (exact) mass is 458 g/mol. The van der Waals surface area contributed by atoms with E-state index in [9.17, 15) is 9.59 Å². The Morgan fingerprint density at radius 3 is 2.30 bits per heavy atom. The van der Waals surface area contributed by atoms with E-state index in [4.69, 9.17) is 5.73 Å². The molecule has 1 saturated heterocycles. The van der Waals surface area contributed by atoms with Crippen LogP contribution in [0, 0.1) is 5.92 Å². The van der Waals surface area contributed by atoms with Crippen molar-refractivity contribution in [3.63, 3.8) is 0 Å². The van der Waals surface area contributed by atoms with Gasteiger partial charge in [-0.15, -0.1) is 24.8 Å². The van der Waals surface area contributed by atoms with Crippen molar-refractivity contribution in [2.24, 2.45) is 11.7 Å². The molecule has 0 radical (unpaired) electrons. The maximum absolute atomic E-state index is 12.6. The van der Waals surface area contributed by atoms with Crippen LogP contribution in [0.3, 0.4) is 0 Å². The van der Waals surface area contributed by atoms with Gasteiger partial charge in [0.15, 0.2) is 0 Å². The van der Waals surface area contributed by atoms with Crippen molar-refractivity contribution in [3.05, 3.63) is 29.8 Å². The molecule has 2 atom stereocenters. The third-order valence-corrected chi connectivity index (χ3v) is 6.32. The highest BCUT2D eigenvalue weighted by Gasteiger charge is 2.37. The molecular weight excluding hydrogens is 423 g/mol. The molecule has 2 fully saturated rings. The fraction of sp³-hybridized carbons (Fsp3) is 0.636. The van der Waals surface area contributed by atoms with Gasteiger partial charge in [0.25, 0.3) is 0 Å². The predicted molar refractivity (Wildman–Crippen MR) is 127 cm³/mol. The van der Waals surface area contributed by atoms with Gasteiger partial charge < -0.3 is 20.9 Å². The summed E-state index contributed by atoms with van der Waals surface area (Å²) in [4.78, 5) is 29.5. The maximum Gasteiger partial charge on any atom is 0.229 e. The molecule has 0 spiro atoms. The second kappa shape index (κ2) is 11.9. The van der Waals surface area contributed by atoms with Crippen LogP contribution in [-0.2, 0) is 16.0 Å². The highest BCUT2D eigenvalue weighted by molar-refractivity contribution is 5.93. The number of rotatable bonds is 5. The molecule has 1 saturated carbocycles. The Bertz CT molecular complexity index is 689. The van der Waals surface area contributed by atoms with Crippen LogP contribution in [0.2, 0.25) is 0 Å². The summed E-state index contributed by atoms with van der Waals surface area (Å²) in [6, 6.07) is 7.62. The SMILES string of the molecule is CCN1CCN(C(=O)Cc2ccc(NC(=O)C3CCCCC3(C)N)cc2)CC1.Cl.Cl. The molecule has 8 heteroatoms. The first-order valence-corrected chi connectivity index (χ1v) is 10.6. The minimum absolute atomic E-state index is 0. The lowest BCUT2D eigenvalue weighted by Gasteiger charge is -2.37. The first kappa shape index (κ1) is 26.7. The van der Waals surface area contributed by atoms with E-state index in [0.29, 0.717) is 6.42 Å². The quantitative estimate of drug-likeness (QED) is 0.710. The van der Waals surface area contributed by atoms with Crippen LogP contribution in [0.15, 0.2) is 24.3 Å². The van der Waals surface area contributed by atoms with Crippen LogP contribution >= 0.6 is 24.8 Å². The molecule has 0 aromatic heterocycles. The number of halogens is 2. The normalized spacial score (nSPS) is 24.4. The molecule has 1 aromatic carbocycles. The molecule has 170 valence electrons. The first-order valence-electron chi connectivity index (χ1n) is 10.6. The summed E-state index contributed by atoms with van der Waals surface area (Å²) in [6.45, 7) is 8.69. The highest BCUT2D eigenvalue weighted by Crippen LogP contribution is 2.32. The summed E-state index contributed by atoms with van der Waals surface area (Å²) >= 11 is 0. The van der Waals surface area contributed by atoms with Gasteiger partial charge in [0, 0.05) is 37.4 Å². The molecule has 2 amide bonds. The number of nitrogens with zero attached hydrogens (tertiary/aromatic N) is 2. The Hall–Kier alpha value is -1.34. The lowest BCUT2D eigenvalue weighted by molar-refractivity contribution is -0.132. The lowest BCUT2D eigenvalue weighted by Crippen LogP contribution is -2.51. The molecule has 1 heterocycles. The molecule has 0 bridgehead atoms. The minimum atomic E-state index is -0.434. The van der Waals surface area contributed by atoms with E-state index in [-0.39, 0.29) is 42.5 Å². The second-order valence-electron chi connectivity index (χ2n) is 8.48. The Balaban J connectivity index is 0.00000225. The van der Waals surface area contributed by atoms with E-state index in [0.717, 1.165) is 69.7 Å². The second-order valence-corrected chi connectivity index (χ2v) is 8.48. The number of nitrogens with two attached hydrogens (primary N) is 1. The number of benzene rings is 1. The Labute approximate surface area is 192 Å². The first-order chi connectivity index (χ1) is 13.4. The zero-order valence-corrected chi connectivity index (χ0v) is 19.7. The van der Waals surface area contributed by atoms with Gasteiger partial charge >= 0.3 is 0 Å². The van der Waals surface area contributed by atoms with Gasteiger partial charge in [0.05, 0.1) is 12.3 Å². The van der Waals surface area contributed by atoms with Crippen molar-refractivity contribution in [1.29, 1.82) is 0 Å². The summed E-state index contributed by atoms with van der Waals surface area (Å²) in [5, 5.41) is 3.00. The van der Waals surface area contributed by atoms with Gasteiger partial charge in [0.2, 0.25) is 11.8 Å². The van der Waals surface area contributed by atoms with E-state index in [1.807, 2.05) is 36.1 Å². The van der Waals surface area contributed by atoms with Crippen molar-refractivity contribution in [2.45, 2.75) is 51.5 Å². The number of amides is 2. The van der Waals surface area contributed by atoms with Crippen molar-refractivity contribution < 1.29 is 9.59 Å². The lowest BCUT2D eigenvalue weighted by atomic mass is 9.74. The van der Waals surface area contributed by atoms with Gasteiger partial charge in [0.1, 0.15) is 0 Å². The summed E-state index contributed by atoms with van der Waals surface area (Å²) in [7, 11) is 0. The minimum Gasteiger partial charge on any atom is -0.340 e. The third-order valence-electron chi connectivity index (χ3n) is 6.32. The fourth-order valence-corrected chi connectivity index (χ4v) is 4.32. The van der Waals surface area contributed by atoms with Crippen molar-refractivity contribution in [3.8, 4) is 0 Å². The van der Waals surface area contributed by atoms with Crippen LogP contribution in [0.1, 0.15) is 45.1 Å². The van der Waals surface area contributed by atoms with Gasteiger partial charge in [-0.3, -0.25) is 9.59 Å². The van der Waals surface area contributed by atoms with E-state index in [1.165, 1.54) is 0 Å². The van der Waals surface area contributed by atoms with E-state index in [2.05, 4.69) is 17.1 Å². The largest absolute Gasteiger partial charge is 0.340 e. The van der Waals surface area contributed by atoms with E-state index < -0.39 is 5.54 Å². The summed E-state index contributed by atoms with van der Waals surface area (Å²) in [5.74, 6) is 0.0280. The fourth-order valence-electron chi connectivity index (χ4n) is 4.32. The number of hydrogen-bond acceptors (Lipinski definition) is 4. The molecule has 1 aromatic rings. The van der Waals surface area contributed by atoms with Gasteiger partial charge in [-0.25, -0.2) is 0 Å². The number of hydrogen-bond donors (Lipinski definition) is 2. The summed E-state index contributed by atoms with van der Waals surface area (Å²) in [6.07, 6.45) is 4.28. The molecule has 6 nitrogen and oxygen atoms in total. The Kier molecular flexibility index (Phi) is 10.6. The van der Waals surface area contributed by atoms with Crippen LogP contribution in [0.25, 0.3) is 0 Å². The number of anilines is 1. The molecule has 1 aliphatic carbocycles. The summed E-state index contributed by atoms with van der Waals surface area (Å²) in [5.41, 5.74) is 7.64. The number of likely N-dealkylation sites (N-methyl/N-ethyl adjacent to an activating group) is 1. The summed E-state index contributed by atoms with van der Waals surface area (Å²) < 4.78 is 0. The van der Waals surface area contributed by atoms with Gasteiger partial charge in [-0.05, 0) is 44.0 Å². The Morgan fingerprint density at radius 2 is 1.73 bits per heavy atom. The molecular formula is C22H36Cl2N4O2. The maximum atomic E-state index is 12.6. The van der Waals surface area contributed by atoms with E-state index >= 15 is 0 Å². The van der Waals surface area contributed by atoms with Crippen molar-refractivity contribution in [1.82, 2.24) is 9.80 Å². The van der Waals surface area contributed by atoms with Crippen molar-refractivity contribution >= 4 is 42.3 Å². The van der Waals surface area contributed by atoms with Gasteiger partial charge in [-0.1, -0.05) is 31.9 Å². The predicted octanol–water partition coefficient (Wildman–Crippen LogP) is 3.08. The average Bonchev–Trinajstić information content (AvgIpc) is 2.69.